The van der Waals surface area contributed by atoms with Crippen LogP contribution in [0.3, 0.4) is 0 Å². The summed E-state index contributed by atoms with van der Waals surface area (Å²) < 4.78 is 29.6. The number of aromatic nitrogens is 1. The molecule has 2 amide bonds. The van der Waals surface area contributed by atoms with Gasteiger partial charge in [-0.15, -0.1) is 0 Å². The Labute approximate surface area is 181 Å². The Morgan fingerprint density at radius 1 is 1.31 bits per heavy atom. The summed E-state index contributed by atoms with van der Waals surface area (Å²) in [6.07, 6.45) is -0.499. The van der Waals surface area contributed by atoms with Crippen molar-refractivity contribution < 1.29 is 23.5 Å². The average Bonchev–Trinajstić information content (AvgIpc) is 2.96. The fourth-order valence-corrected chi connectivity index (χ4v) is 4.64. The van der Waals surface area contributed by atoms with E-state index in [0.29, 0.717) is 36.3 Å². The molecule has 3 rings (SSSR count). The minimum absolute atomic E-state index is 0.155. The molecule has 156 valence electrons. The van der Waals surface area contributed by atoms with Gasteiger partial charge in [0.2, 0.25) is 0 Å². The van der Waals surface area contributed by atoms with Crippen molar-refractivity contribution in [3.05, 3.63) is 45.3 Å². The predicted octanol–water partition coefficient (Wildman–Crippen LogP) is 4.49. The molecule has 0 bridgehead atoms. The number of nitrogens with zero attached hydrogens (tertiary/aromatic N) is 2. The molecule has 0 radical (unpaired) electrons. The van der Waals surface area contributed by atoms with Crippen LogP contribution in [0.1, 0.15) is 43.7 Å². The number of hydrogen-bond acceptors (Lipinski definition) is 2. The number of nitrogens with one attached hydrogen (secondary N) is 1. The SMILES string of the molecule is CC(C)(C)N(CCC1CNC(=O)c2cc(-c3ccc(F)c(F)c3)c(I)n21)C(=O)O. The van der Waals surface area contributed by atoms with Crippen LogP contribution in [0.5, 0.6) is 0 Å². The standard InChI is InChI=1S/C20H22F2IN3O3/c1-20(2,3)25(19(28)29)7-6-12-10-24-18(27)16-9-13(17(23)26(12)16)11-4-5-14(21)15(22)8-11/h4-5,8-9,12H,6-7,10H2,1-3H3,(H,24,27)(H,28,29). The van der Waals surface area contributed by atoms with E-state index in [1.165, 1.54) is 11.0 Å². The Morgan fingerprint density at radius 3 is 2.59 bits per heavy atom. The van der Waals surface area contributed by atoms with E-state index in [9.17, 15) is 23.5 Å². The van der Waals surface area contributed by atoms with Crippen molar-refractivity contribution in [2.24, 2.45) is 0 Å². The van der Waals surface area contributed by atoms with E-state index >= 15 is 0 Å². The van der Waals surface area contributed by atoms with Gasteiger partial charge in [0.1, 0.15) is 5.69 Å². The zero-order valence-electron chi connectivity index (χ0n) is 16.3. The fraction of sp³-hybridized carbons (Fsp3) is 0.400. The van der Waals surface area contributed by atoms with Gasteiger partial charge in [-0.1, -0.05) is 6.07 Å². The van der Waals surface area contributed by atoms with E-state index < -0.39 is 23.3 Å². The minimum atomic E-state index is -0.998. The summed E-state index contributed by atoms with van der Waals surface area (Å²) in [7, 11) is 0. The molecule has 0 spiro atoms. The van der Waals surface area contributed by atoms with Gasteiger partial charge in [0.05, 0.1) is 9.74 Å². The van der Waals surface area contributed by atoms with Crippen LogP contribution in [-0.4, -0.2) is 45.2 Å². The van der Waals surface area contributed by atoms with Crippen LogP contribution >= 0.6 is 22.6 Å². The Kier molecular flexibility index (Phi) is 5.88. The van der Waals surface area contributed by atoms with Gasteiger partial charge in [-0.2, -0.15) is 0 Å². The molecule has 0 fully saturated rings. The topological polar surface area (TPSA) is 74.6 Å². The number of carbonyl (C=O) groups excluding carboxylic acids is 1. The number of benzene rings is 1. The van der Waals surface area contributed by atoms with Gasteiger partial charge in [-0.3, -0.25) is 4.79 Å². The number of fused-ring (bicyclic) bond motifs is 1. The first-order chi connectivity index (χ1) is 13.5. The lowest BCUT2D eigenvalue weighted by Crippen LogP contribution is -2.47. The van der Waals surface area contributed by atoms with Crippen molar-refractivity contribution in [1.29, 1.82) is 0 Å². The minimum Gasteiger partial charge on any atom is -0.465 e. The molecule has 1 aliphatic rings. The largest absolute Gasteiger partial charge is 0.465 e. The lowest BCUT2D eigenvalue weighted by Gasteiger charge is -2.35. The van der Waals surface area contributed by atoms with Crippen LogP contribution in [0, 0.1) is 15.3 Å². The summed E-state index contributed by atoms with van der Waals surface area (Å²) in [5.41, 5.74) is 0.979. The molecule has 1 aliphatic heterocycles. The molecular formula is C20H22F2IN3O3. The number of halogens is 3. The average molecular weight is 517 g/mol. The normalized spacial score (nSPS) is 16.3. The van der Waals surface area contributed by atoms with Crippen LogP contribution in [-0.2, 0) is 0 Å². The van der Waals surface area contributed by atoms with E-state index in [1.54, 1.807) is 6.07 Å². The number of hydrogen-bond donors (Lipinski definition) is 2. The first kappa shape index (κ1) is 21.5. The fourth-order valence-electron chi connectivity index (χ4n) is 3.52. The van der Waals surface area contributed by atoms with Crippen molar-refractivity contribution in [2.45, 2.75) is 38.8 Å². The molecule has 0 saturated heterocycles. The highest BCUT2D eigenvalue weighted by Gasteiger charge is 2.32. The zero-order chi connectivity index (χ0) is 21.5. The number of rotatable bonds is 4. The van der Waals surface area contributed by atoms with Gasteiger partial charge in [-0.25, -0.2) is 13.6 Å². The molecule has 1 aromatic carbocycles. The molecule has 1 aromatic heterocycles. The van der Waals surface area contributed by atoms with Crippen LogP contribution in [0.2, 0.25) is 0 Å². The van der Waals surface area contributed by atoms with E-state index in [4.69, 9.17) is 0 Å². The highest BCUT2D eigenvalue weighted by Crippen LogP contribution is 2.34. The molecular weight excluding hydrogens is 495 g/mol. The maximum absolute atomic E-state index is 13.7. The molecule has 2 N–H and O–H groups in total. The molecule has 1 atom stereocenters. The van der Waals surface area contributed by atoms with Crippen molar-refractivity contribution in [3.8, 4) is 11.1 Å². The highest BCUT2D eigenvalue weighted by atomic mass is 127. The second-order valence-corrected chi connectivity index (χ2v) is 9.01. The van der Waals surface area contributed by atoms with E-state index in [-0.39, 0.29) is 11.9 Å². The smallest absolute Gasteiger partial charge is 0.407 e. The molecule has 2 aromatic rings. The second-order valence-electron chi connectivity index (χ2n) is 7.99. The quantitative estimate of drug-likeness (QED) is 0.588. The van der Waals surface area contributed by atoms with Gasteiger partial charge in [0.25, 0.3) is 5.91 Å². The first-order valence-electron chi connectivity index (χ1n) is 9.15. The van der Waals surface area contributed by atoms with Gasteiger partial charge in [-0.05, 0) is 73.5 Å². The molecule has 1 unspecified atom stereocenters. The van der Waals surface area contributed by atoms with Crippen molar-refractivity contribution >= 4 is 34.6 Å². The van der Waals surface area contributed by atoms with Crippen molar-refractivity contribution in [2.75, 3.05) is 13.1 Å². The monoisotopic (exact) mass is 517 g/mol. The zero-order valence-corrected chi connectivity index (χ0v) is 18.5. The van der Waals surface area contributed by atoms with E-state index in [0.717, 1.165) is 15.8 Å². The summed E-state index contributed by atoms with van der Waals surface area (Å²) in [5.74, 6) is -2.14. The lowest BCUT2D eigenvalue weighted by atomic mass is 10.0. The number of amides is 2. The molecule has 2 heterocycles. The maximum atomic E-state index is 13.7. The first-order valence-corrected chi connectivity index (χ1v) is 10.2. The van der Waals surface area contributed by atoms with Gasteiger partial charge < -0.3 is 19.9 Å². The molecule has 0 saturated carbocycles. The maximum Gasteiger partial charge on any atom is 0.407 e. The Bertz CT molecular complexity index is 969. The van der Waals surface area contributed by atoms with Gasteiger partial charge in [0.15, 0.2) is 11.6 Å². The Hall–Kier alpha value is -2.17. The van der Waals surface area contributed by atoms with Crippen molar-refractivity contribution in [3.63, 3.8) is 0 Å². The summed E-state index contributed by atoms with van der Waals surface area (Å²) in [4.78, 5) is 25.4. The van der Waals surface area contributed by atoms with Gasteiger partial charge >= 0.3 is 6.09 Å². The van der Waals surface area contributed by atoms with Crippen LogP contribution < -0.4 is 5.32 Å². The number of carboxylic acid groups (broad SMARTS) is 1. The van der Waals surface area contributed by atoms with Gasteiger partial charge in [0, 0.05) is 24.2 Å². The Morgan fingerprint density at radius 2 is 2.00 bits per heavy atom. The van der Waals surface area contributed by atoms with Crippen LogP contribution in [0.25, 0.3) is 11.1 Å². The Balaban J connectivity index is 1.95. The predicted molar refractivity (Wildman–Crippen MR) is 113 cm³/mol. The third-order valence-electron chi connectivity index (χ3n) is 5.03. The third-order valence-corrected chi connectivity index (χ3v) is 6.13. The highest BCUT2D eigenvalue weighted by molar-refractivity contribution is 14.1. The third kappa shape index (κ3) is 4.24. The summed E-state index contributed by atoms with van der Waals surface area (Å²) in [5, 5.41) is 12.3. The molecule has 0 aliphatic carbocycles. The van der Waals surface area contributed by atoms with Crippen LogP contribution in [0.15, 0.2) is 24.3 Å². The van der Waals surface area contributed by atoms with Crippen LogP contribution in [0.4, 0.5) is 13.6 Å². The molecule has 9 heteroatoms. The summed E-state index contributed by atoms with van der Waals surface area (Å²) in [6.45, 7) is 6.15. The second kappa shape index (κ2) is 7.92. The van der Waals surface area contributed by atoms with Crippen molar-refractivity contribution in [1.82, 2.24) is 14.8 Å². The number of carbonyl (C=O) groups is 2. The molecule has 6 nitrogen and oxygen atoms in total. The summed E-state index contributed by atoms with van der Waals surface area (Å²) >= 11 is 2.09. The van der Waals surface area contributed by atoms with E-state index in [1.807, 2.05) is 25.3 Å². The van der Waals surface area contributed by atoms with E-state index in [2.05, 4.69) is 27.9 Å². The molecule has 29 heavy (non-hydrogen) atoms. The summed E-state index contributed by atoms with van der Waals surface area (Å²) in [6, 6.07) is 5.15. The lowest BCUT2D eigenvalue weighted by molar-refractivity contribution is 0.0865.